The van der Waals surface area contributed by atoms with Gasteiger partial charge in [0.15, 0.2) is 0 Å². The number of primary sulfonamides is 1. The number of nitrogens with zero attached hydrogens (tertiary/aromatic N) is 1. The van der Waals surface area contributed by atoms with Gasteiger partial charge in [0.1, 0.15) is 11.9 Å². The minimum absolute atomic E-state index is 0.0557. The van der Waals surface area contributed by atoms with Crippen molar-refractivity contribution in [2.75, 3.05) is 19.7 Å². The highest BCUT2D eigenvalue weighted by molar-refractivity contribution is 7.89. The molecule has 2 N–H and O–H groups in total. The van der Waals surface area contributed by atoms with Crippen molar-refractivity contribution in [1.29, 1.82) is 0 Å². The summed E-state index contributed by atoms with van der Waals surface area (Å²) in [5.74, 6) is -0.624. The zero-order chi connectivity index (χ0) is 19.8. The first-order chi connectivity index (χ1) is 12.7. The number of hydrogen-bond donors (Lipinski definition) is 1. The molecule has 1 aliphatic heterocycles. The SMILES string of the molecule is Cc1cc(C)c(S(N)(=O)=O)cc1C(=O)N1CCOC(c2ccc(F)cc2)C1. The summed E-state index contributed by atoms with van der Waals surface area (Å²) in [5.41, 5.74) is 2.25. The second-order valence-corrected chi connectivity index (χ2v) is 8.17. The quantitative estimate of drug-likeness (QED) is 0.868. The van der Waals surface area contributed by atoms with Crippen LogP contribution < -0.4 is 5.14 Å². The standard InChI is InChI=1S/C19H21FN2O4S/c1-12-9-13(2)18(27(21,24)25)10-16(12)19(23)22-7-8-26-17(11-22)14-3-5-15(20)6-4-14/h3-6,9-10,17H,7-8,11H2,1-2H3,(H2,21,24,25). The smallest absolute Gasteiger partial charge is 0.254 e. The maximum atomic E-state index is 13.1. The summed E-state index contributed by atoms with van der Waals surface area (Å²) in [7, 11) is -3.93. The van der Waals surface area contributed by atoms with E-state index in [1.807, 2.05) is 0 Å². The number of aryl methyl sites for hydroxylation is 2. The lowest BCUT2D eigenvalue weighted by atomic mass is 10.0. The molecule has 0 aliphatic carbocycles. The van der Waals surface area contributed by atoms with E-state index in [0.29, 0.717) is 36.4 Å². The molecule has 1 amide bonds. The Bertz CT molecular complexity index is 974. The van der Waals surface area contributed by atoms with Gasteiger partial charge in [-0.25, -0.2) is 17.9 Å². The van der Waals surface area contributed by atoms with E-state index in [4.69, 9.17) is 9.88 Å². The molecule has 1 saturated heterocycles. The van der Waals surface area contributed by atoms with E-state index >= 15 is 0 Å². The lowest BCUT2D eigenvalue weighted by Crippen LogP contribution is -2.42. The molecule has 0 radical (unpaired) electrons. The number of hydrogen-bond acceptors (Lipinski definition) is 4. The van der Waals surface area contributed by atoms with Crippen molar-refractivity contribution < 1.29 is 22.3 Å². The van der Waals surface area contributed by atoms with Crippen molar-refractivity contribution in [3.05, 3.63) is 64.5 Å². The Balaban J connectivity index is 1.88. The second-order valence-electron chi connectivity index (χ2n) is 6.64. The maximum Gasteiger partial charge on any atom is 0.254 e. The van der Waals surface area contributed by atoms with Crippen LogP contribution in [0.3, 0.4) is 0 Å². The third-order valence-electron chi connectivity index (χ3n) is 4.65. The van der Waals surface area contributed by atoms with Crippen molar-refractivity contribution in [2.45, 2.75) is 24.8 Å². The van der Waals surface area contributed by atoms with Crippen molar-refractivity contribution in [3.8, 4) is 0 Å². The second kappa shape index (κ2) is 7.38. The Morgan fingerprint density at radius 1 is 1.19 bits per heavy atom. The summed E-state index contributed by atoms with van der Waals surface area (Å²) in [6.07, 6.45) is -0.369. The Morgan fingerprint density at radius 3 is 2.48 bits per heavy atom. The van der Waals surface area contributed by atoms with E-state index in [1.165, 1.54) is 18.2 Å². The fourth-order valence-electron chi connectivity index (χ4n) is 3.25. The molecule has 6 nitrogen and oxygen atoms in total. The molecule has 144 valence electrons. The predicted octanol–water partition coefficient (Wildman–Crippen LogP) is 2.30. The summed E-state index contributed by atoms with van der Waals surface area (Å²) in [6.45, 7) is 4.41. The Kier molecular flexibility index (Phi) is 5.32. The number of amides is 1. The molecule has 1 unspecified atom stereocenters. The number of benzene rings is 2. The van der Waals surface area contributed by atoms with Crippen LogP contribution in [-0.4, -0.2) is 38.9 Å². The third-order valence-corrected chi connectivity index (χ3v) is 5.71. The first kappa shape index (κ1) is 19.5. The van der Waals surface area contributed by atoms with Crippen LogP contribution in [-0.2, 0) is 14.8 Å². The average molecular weight is 392 g/mol. The van der Waals surface area contributed by atoms with E-state index in [9.17, 15) is 17.6 Å². The van der Waals surface area contributed by atoms with Gasteiger partial charge in [0.25, 0.3) is 5.91 Å². The van der Waals surface area contributed by atoms with Gasteiger partial charge in [0, 0.05) is 12.1 Å². The van der Waals surface area contributed by atoms with Crippen LogP contribution in [0.4, 0.5) is 4.39 Å². The number of sulfonamides is 1. The topological polar surface area (TPSA) is 89.7 Å². The molecule has 27 heavy (non-hydrogen) atoms. The average Bonchev–Trinajstić information content (AvgIpc) is 2.61. The fourth-order valence-corrected chi connectivity index (χ4v) is 4.04. The number of nitrogens with two attached hydrogens (primary N) is 1. The molecule has 1 heterocycles. The van der Waals surface area contributed by atoms with E-state index in [1.54, 1.807) is 36.9 Å². The number of rotatable bonds is 3. The lowest BCUT2D eigenvalue weighted by Gasteiger charge is -2.33. The van der Waals surface area contributed by atoms with Gasteiger partial charge in [-0.15, -0.1) is 0 Å². The van der Waals surface area contributed by atoms with Gasteiger partial charge in [-0.2, -0.15) is 0 Å². The molecule has 2 aromatic rings. The van der Waals surface area contributed by atoms with E-state index < -0.39 is 10.0 Å². The van der Waals surface area contributed by atoms with Crippen LogP contribution in [0.5, 0.6) is 0 Å². The normalized spacial score (nSPS) is 17.8. The molecule has 1 aliphatic rings. The zero-order valence-corrected chi connectivity index (χ0v) is 15.9. The number of morpholine rings is 1. The van der Waals surface area contributed by atoms with Gasteiger partial charge in [-0.1, -0.05) is 18.2 Å². The number of carbonyl (C=O) groups excluding carboxylic acids is 1. The molecule has 0 aromatic heterocycles. The van der Waals surface area contributed by atoms with Gasteiger partial charge < -0.3 is 9.64 Å². The van der Waals surface area contributed by atoms with Crippen molar-refractivity contribution in [3.63, 3.8) is 0 Å². The summed E-state index contributed by atoms with van der Waals surface area (Å²) in [4.78, 5) is 14.6. The highest BCUT2D eigenvalue weighted by Crippen LogP contribution is 2.26. The number of ether oxygens (including phenoxy) is 1. The first-order valence-corrected chi connectivity index (χ1v) is 10.0. The van der Waals surface area contributed by atoms with E-state index in [-0.39, 0.29) is 22.7 Å². The summed E-state index contributed by atoms with van der Waals surface area (Å²) in [5, 5.41) is 5.26. The van der Waals surface area contributed by atoms with Gasteiger partial charge in [-0.05, 0) is 48.7 Å². The van der Waals surface area contributed by atoms with E-state index in [2.05, 4.69) is 0 Å². The largest absolute Gasteiger partial charge is 0.370 e. The van der Waals surface area contributed by atoms with Crippen LogP contribution in [0.1, 0.15) is 33.2 Å². The van der Waals surface area contributed by atoms with Crippen LogP contribution in [0.15, 0.2) is 41.3 Å². The minimum Gasteiger partial charge on any atom is -0.370 e. The molecule has 8 heteroatoms. The highest BCUT2D eigenvalue weighted by atomic mass is 32.2. The van der Waals surface area contributed by atoms with Crippen LogP contribution in [0.2, 0.25) is 0 Å². The van der Waals surface area contributed by atoms with Crippen LogP contribution in [0.25, 0.3) is 0 Å². The summed E-state index contributed by atoms with van der Waals surface area (Å²) >= 11 is 0. The summed E-state index contributed by atoms with van der Waals surface area (Å²) in [6, 6.07) is 8.94. The molecule has 3 rings (SSSR count). The van der Waals surface area contributed by atoms with Gasteiger partial charge >= 0.3 is 0 Å². The Hall–Kier alpha value is -2.29. The van der Waals surface area contributed by atoms with Crippen molar-refractivity contribution in [1.82, 2.24) is 4.90 Å². The first-order valence-electron chi connectivity index (χ1n) is 8.47. The zero-order valence-electron chi connectivity index (χ0n) is 15.1. The van der Waals surface area contributed by atoms with Crippen LogP contribution in [0, 0.1) is 19.7 Å². The molecule has 1 fully saturated rings. The van der Waals surface area contributed by atoms with E-state index in [0.717, 1.165) is 5.56 Å². The van der Waals surface area contributed by atoms with Crippen molar-refractivity contribution >= 4 is 15.9 Å². The molecule has 2 aromatic carbocycles. The lowest BCUT2D eigenvalue weighted by molar-refractivity contribution is -0.0228. The Morgan fingerprint density at radius 2 is 1.85 bits per heavy atom. The van der Waals surface area contributed by atoms with Gasteiger partial charge in [-0.3, -0.25) is 4.79 Å². The van der Waals surface area contributed by atoms with Gasteiger partial charge in [0.2, 0.25) is 10.0 Å². The number of halogens is 1. The van der Waals surface area contributed by atoms with Crippen molar-refractivity contribution in [2.24, 2.45) is 5.14 Å². The molecular formula is C19H21FN2O4S. The van der Waals surface area contributed by atoms with Gasteiger partial charge in [0.05, 0.1) is 18.0 Å². The molecule has 0 saturated carbocycles. The molecule has 0 bridgehead atoms. The Labute approximate surface area is 157 Å². The minimum atomic E-state index is -3.93. The summed E-state index contributed by atoms with van der Waals surface area (Å²) < 4.78 is 42.4. The fraction of sp³-hybridized carbons (Fsp3) is 0.316. The molecule has 0 spiro atoms. The maximum absolute atomic E-state index is 13.1. The predicted molar refractivity (Wildman–Crippen MR) is 98.3 cm³/mol. The van der Waals surface area contributed by atoms with Crippen LogP contribution >= 0.6 is 0 Å². The highest BCUT2D eigenvalue weighted by Gasteiger charge is 2.28. The monoisotopic (exact) mass is 392 g/mol. The third kappa shape index (κ3) is 4.18. The number of carbonyl (C=O) groups is 1. The molecule has 1 atom stereocenters. The molecular weight excluding hydrogens is 371 g/mol.